The van der Waals surface area contributed by atoms with E-state index in [1.54, 1.807) is 4.68 Å². The van der Waals surface area contributed by atoms with Crippen LogP contribution in [-0.4, -0.2) is 44.8 Å². The van der Waals surface area contributed by atoms with Crippen LogP contribution in [0.3, 0.4) is 0 Å². The van der Waals surface area contributed by atoms with Gasteiger partial charge in [0.15, 0.2) is 0 Å². The number of nitrogens with zero attached hydrogens (tertiary/aromatic N) is 4. The predicted molar refractivity (Wildman–Crippen MR) is 95.7 cm³/mol. The fraction of sp³-hybridized carbons (Fsp3) is 0.500. The van der Waals surface area contributed by atoms with E-state index in [-0.39, 0.29) is 12.1 Å². The van der Waals surface area contributed by atoms with Gasteiger partial charge < -0.3 is 10.6 Å². The monoisotopic (exact) mass is 342 g/mol. The van der Waals surface area contributed by atoms with Crippen molar-refractivity contribution in [3.8, 4) is 0 Å². The highest BCUT2D eigenvalue weighted by molar-refractivity contribution is 5.74. The third-order valence-electron chi connectivity index (χ3n) is 4.77. The second-order valence-electron chi connectivity index (χ2n) is 6.72. The van der Waals surface area contributed by atoms with Crippen LogP contribution in [0.1, 0.15) is 24.7 Å². The van der Waals surface area contributed by atoms with Gasteiger partial charge in [-0.1, -0.05) is 37.3 Å². The van der Waals surface area contributed by atoms with Gasteiger partial charge >= 0.3 is 6.03 Å². The predicted octanol–water partition coefficient (Wildman–Crippen LogP) is 1.52. The lowest BCUT2D eigenvalue weighted by atomic mass is 9.93. The Hall–Kier alpha value is -2.41. The highest BCUT2D eigenvalue weighted by Crippen LogP contribution is 2.18. The molecule has 0 spiro atoms. The number of urea groups is 1. The van der Waals surface area contributed by atoms with Crippen molar-refractivity contribution in [1.29, 1.82) is 0 Å². The minimum atomic E-state index is -0.142. The molecule has 2 N–H and O–H groups in total. The average Bonchev–Trinajstić information content (AvgIpc) is 3.01. The summed E-state index contributed by atoms with van der Waals surface area (Å²) >= 11 is 0. The number of carbonyl (C=O) groups is 1. The van der Waals surface area contributed by atoms with Crippen molar-refractivity contribution < 1.29 is 4.79 Å². The van der Waals surface area contributed by atoms with Crippen molar-refractivity contribution in [2.45, 2.75) is 32.5 Å². The van der Waals surface area contributed by atoms with Crippen molar-refractivity contribution in [3.05, 3.63) is 48.0 Å². The maximum atomic E-state index is 12.1. The summed E-state index contributed by atoms with van der Waals surface area (Å²) in [4.78, 5) is 18.7. The molecular formula is C18H26N6O. The number of amides is 2. The topological polar surface area (TPSA) is 75.1 Å². The molecule has 25 heavy (non-hydrogen) atoms. The average molecular weight is 342 g/mol. The lowest BCUT2D eigenvalue weighted by Gasteiger charge is -2.37. The van der Waals surface area contributed by atoms with Crippen molar-refractivity contribution in [1.82, 2.24) is 30.3 Å². The normalized spacial score (nSPS) is 21.0. The Morgan fingerprint density at radius 2 is 2.12 bits per heavy atom. The molecule has 1 aliphatic rings. The van der Waals surface area contributed by atoms with Gasteiger partial charge in [-0.15, -0.1) is 0 Å². The zero-order chi connectivity index (χ0) is 17.6. The summed E-state index contributed by atoms with van der Waals surface area (Å²) in [6, 6.07) is 10.6. The number of carbonyl (C=O) groups excluding carboxylic acids is 1. The molecule has 2 atom stereocenters. The number of aryl methyl sites for hydroxylation is 1. The highest BCUT2D eigenvalue weighted by atomic mass is 16.2. The molecule has 1 aromatic carbocycles. The van der Waals surface area contributed by atoms with E-state index in [0.29, 0.717) is 12.5 Å². The minimum Gasteiger partial charge on any atom is -0.335 e. The lowest BCUT2D eigenvalue weighted by Crippen LogP contribution is -2.52. The van der Waals surface area contributed by atoms with Gasteiger partial charge in [-0.3, -0.25) is 9.58 Å². The van der Waals surface area contributed by atoms with Crippen LogP contribution in [-0.2, 0) is 20.1 Å². The van der Waals surface area contributed by atoms with Crippen LogP contribution < -0.4 is 10.6 Å². The Balaban J connectivity index is 1.43. The Morgan fingerprint density at radius 3 is 2.80 bits per heavy atom. The standard InChI is InChI=1S/C18H26N6O/c1-14-11-24(12-15-6-4-3-5-7-15)9-8-16(14)22-18(25)19-10-17-20-13-21-23(17)2/h3-7,13-14,16H,8-12H2,1-2H3,(H2,19,22,25)/t14-,16+/m1/s1. The zero-order valence-corrected chi connectivity index (χ0v) is 14.9. The van der Waals surface area contributed by atoms with Gasteiger partial charge in [0, 0.05) is 32.7 Å². The van der Waals surface area contributed by atoms with Gasteiger partial charge in [-0.2, -0.15) is 5.10 Å². The molecule has 2 amide bonds. The SMILES string of the molecule is C[C@@H]1CN(Cc2ccccc2)CC[C@@H]1NC(=O)NCc1ncnn1C. The maximum Gasteiger partial charge on any atom is 0.315 e. The molecule has 134 valence electrons. The summed E-state index contributed by atoms with van der Waals surface area (Å²) in [5, 5.41) is 9.95. The quantitative estimate of drug-likeness (QED) is 0.864. The molecule has 0 aliphatic carbocycles. The van der Waals surface area contributed by atoms with Crippen LogP contribution in [0.25, 0.3) is 0 Å². The summed E-state index contributed by atoms with van der Waals surface area (Å²) in [6.45, 7) is 5.53. The van der Waals surface area contributed by atoms with E-state index in [9.17, 15) is 4.79 Å². The fourth-order valence-electron chi connectivity index (χ4n) is 3.29. The van der Waals surface area contributed by atoms with E-state index < -0.39 is 0 Å². The van der Waals surface area contributed by atoms with Crippen LogP contribution in [0.15, 0.2) is 36.7 Å². The Morgan fingerprint density at radius 1 is 1.32 bits per heavy atom. The van der Waals surface area contributed by atoms with Crippen molar-refractivity contribution in [2.75, 3.05) is 13.1 Å². The van der Waals surface area contributed by atoms with Gasteiger partial charge in [0.2, 0.25) is 0 Å². The Kier molecular flexibility index (Phi) is 5.65. The molecule has 2 aromatic rings. The molecular weight excluding hydrogens is 316 g/mol. The van der Waals surface area contributed by atoms with Crippen molar-refractivity contribution >= 4 is 6.03 Å². The van der Waals surface area contributed by atoms with E-state index >= 15 is 0 Å². The molecule has 7 nitrogen and oxygen atoms in total. The number of piperidine rings is 1. The Labute approximate surface area is 148 Å². The number of likely N-dealkylation sites (tertiary alicyclic amines) is 1. The van der Waals surface area contributed by atoms with Gasteiger partial charge in [0.05, 0.1) is 6.54 Å². The number of nitrogens with one attached hydrogen (secondary N) is 2. The largest absolute Gasteiger partial charge is 0.335 e. The van der Waals surface area contributed by atoms with E-state index in [2.05, 4.69) is 56.8 Å². The van der Waals surface area contributed by atoms with Crippen LogP contribution in [0.2, 0.25) is 0 Å². The Bertz CT molecular complexity index is 686. The number of hydrogen-bond donors (Lipinski definition) is 2. The smallest absolute Gasteiger partial charge is 0.315 e. The molecule has 2 heterocycles. The molecule has 3 rings (SSSR count). The maximum absolute atomic E-state index is 12.1. The van der Waals surface area contributed by atoms with Gasteiger partial charge in [0.1, 0.15) is 12.2 Å². The van der Waals surface area contributed by atoms with Gasteiger partial charge in [-0.05, 0) is 17.9 Å². The van der Waals surface area contributed by atoms with Crippen LogP contribution >= 0.6 is 0 Å². The first kappa shape index (κ1) is 17.4. The number of rotatable bonds is 5. The molecule has 1 aliphatic heterocycles. The zero-order valence-electron chi connectivity index (χ0n) is 14.9. The van der Waals surface area contributed by atoms with Crippen LogP contribution in [0.5, 0.6) is 0 Å². The fourth-order valence-corrected chi connectivity index (χ4v) is 3.29. The summed E-state index contributed by atoms with van der Waals surface area (Å²) in [6.07, 6.45) is 2.45. The molecule has 0 unspecified atom stereocenters. The van der Waals surface area contributed by atoms with Crippen LogP contribution in [0, 0.1) is 5.92 Å². The number of hydrogen-bond acceptors (Lipinski definition) is 4. The summed E-state index contributed by atoms with van der Waals surface area (Å²) in [5.41, 5.74) is 1.34. The summed E-state index contributed by atoms with van der Waals surface area (Å²) in [5.74, 6) is 1.15. The first-order valence-electron chi connectivity index (χ1n) is 8.75. The molecule has 7 heteroatoms. The summed E-state index contributed by atoms with van der Waals surface area (Å²) < 4.78 is 1.66. The third-order valence-corrected chi connectivity index (χ3v) is 4.77. The van der Waals surface area contributed by atoms with E-state index in [0.717, 1.165) is 31.9 Å². The molecule has 0 radical (unpaired) electrons. The highest BCUT2D eigenvalue weighted by Gasteiger charge is 2.27. The van der Waals surface area contributed by atoms with Crippen molar-refractivity contribution in [3.63, 3.8) is 0 Å². The van der Waals surface area contributed by atoms with Gasteiger partial charge in [-0.25, -0.2) is 9.78 Å². The van der Waals surface area contributed by atoms with Gasteiger partial charge in [0.25, 0.3) is 0 Å². The van der Waals surface area contributed by atoms with E-state index in [1.165, 1.54) is 11.9 Å². The molecule has 0 saturated carbocycles. The number of aromatic nitrogens is 3. The molecule has 1 saturated heterocycles. The minimum absolute atomic E-state index is 0.142. The lowest BCUT2D eigenvalue weighted by molar-refractivity contribution is 0.142. The second kappa shape index (κ2) is 8.11. The second-order valence-corrected chi connectivity index (χ2v) is 6.72. The van der Waals surface area contributed by atoms with E-state index in [1.807, 2.05) is 13.1 Å². The van der Waals surface area contributed by atoms with E-state index in [4.69, 9.17) is 0 Å². The van der Waals surface area contributed by atoms with Crippen molar-refractivity contribution in [2.24, 2.45) is 13.0 Å². The molecule has 0 bridgehead atoms. The third kappa shape index (κ3) is 4.79. The van der Waals surface area contributed by atoms with Crippen LogP contribution in [0.4, 0.5) is 4.79 Å². The molecule has 1 fully saturated rings. The molecule has 1 aromatic heterocycles. The first-order chi connectivity index (χ1) is 12.1. The summed E-state index contributed by atoms with van der Waals surface area (Å²) in [7, 11) is 1.81. The number of benzene rings is 1. The first-order valence-corrected chi connectivity index (χ1v) is 8.75.